The average molecular weight is 371 g/mol. The molecule has 0 aliphatic carbocycles. The number of carbonyl (C=O) groups is 1. The molecule has 6 heteroatoms. The molecule has 2 heterocycles. The van der Waals surface area contributed by atoms with Gasteiger partial charge in [0.25, 0.3) is 0 Å². The molecule has 1 aromatic heterocycles. The Morgan fingerprint density at radius 1 is 1.26 bits per heavy atom. The summed E-state index contributed by atoms with van der Waals surface area (Å²) < 4.78 is 12.6. The molecule has 27 heavy (non-hydrogen) atoms. The van der Waals surface area contributed by atoms with E-state index >= 15 is 0 Å². The summed E-state index contributed by atoms with van der Waals surface area (Å²) in [7, 11) is 3.19. The van der Waals surface area contributed by atoms with Gasteiger partial charge in [-0.3, -0.25) is 14.4 Å². The topological polar surface area (TPSA) is 56.6 Å². The molecular weight excluding hydrogens is 342 g/mol. The van der Waals surface area contributed by atoms with Crippen molar-refractivity contribution in [3.63, 3.8) is 0 Å². The van der Waals surface area contributed by atoms with Gasteiger partial charge < -0.3 is 9.47 Å². The molecule has 0 N–H and O–H groups in total. The van der Waals surface area contributed by atoms with Gasteiger partial charge in [0.2, 0.25) is 0 Å². The van der Waals surface area contributed by atoms with Crippen LogP contribution in [0.3, 0.4) is 0 Å². The minimum absolute atomic E-state index is 0.0111. The number of aromatic nitrogens is 2. The van der Waals surface area contributed by atoms with Crippen molar-refractivity contribution in [2.45, 2.75) is 39.3 Å². The number of rotatable bonds is 7. The van der Waals surface area contributed by atoms with Crippen LogP contribution in [0.1, 0.15) is 48.7 Å². The summed E-state index contributed by atoms with van der Waals surface area (Å²) in [5.41, 5.74) is 1.88. The van der Waals surface area contributed by atoms with Crippen LogP contribution in [0.25, 0.3) is 0 Å². The lowest BCUT2D eigenvalue weighted by Crippen LogP contribution is -2.38. The van der Waals surface area contributed by atoms with E-state index in [-0.39, 0.29) is 11.7 Å². The largest absolute Gasteiger partial charge is 0.493 e. The average Bonchev–Trinajstić information content (AvgIpc) is 3.16. The molecule has 3 rings (SSSR count). The molecule has 0 saturated carbocycles. The van der Waals surface area contributed by atoms with Crippen LogP contribution in [0.2, 0.25) is 0 Å². The number of nitrogens with zero attached hydrogens (tertiary/aromatic N) is 3. The van der Waals surface area contributed by atoms with Crippen LogP contribution in [0, 0.1) is 5.92 Å². The summed E-state index contributed by atoms with van der Waals surface area (Å²) in [6, 6.07) is 5.77. The number of hydrogen-bond acceptors (Lipinski definition) is 5. The summed E-state index contributed by atoms with van der Waals surface area (Å²) >= 11 is 0. The van der Waals surface area contributed by atoms with E-state index in [0.29, 0.717) is 23.1 Å². The molecule has 2 aromatic rings. The third-order valence-corrected chi connectivity index (χ3v) is 5.13. The number of carbonyl (C=O) groups excluding carboxylic acids is 1. The van der Waals surface area contributed by atoms with Crippen molar-refractivity contribution in [2.75, 3.05) is 27.3 Å². The second kappa shape index (κ2) is 8.57. The van der Waals surface area contributed by atoms with Gasteiger partial charge in [-0.2, -0.15) is 5.10 Å². The van der Waals surface area contributed by atoms with Crippen LogP contribution in [-0.2, 0) is 6.54 Å². The van der Waals surface area contributed by atoms with E-state index in [9.17, 15) is 4.79 Å². The second-order valence-corrected chi connectivity index (χ2v) is 7.43. The van der Waals surface area contributed by atoms with E-state index in [1.165, 1.54) is 5.56 Å². The SMILES string of the molecule is COc1ccc(C(=O)C2CCCN(Cc3cnn(C(C)C)c3)C2)cc1OC. The maximum absolute atomic E-state index is 13.0. The molecule has 1 unspecified atom stereocenters. The Morgan fingerprint density at radius 3 is 2.70 bits per heavy atom. The fourth-order valence-electron chi connectivity index (χ4n) is 3.64. The number of likely N-dealkylation sites (tertiary alicyclic amines) is 1. The molecule has 0 amide bonds. The van der Waals surface area contributed by atoms with Crippen LogP contribution in [0.5, 0.6) is 11.5 Å². The summed E-state index contributed by atoms with van der Waals surface area (Å²) in [5, 5.41) is 4.42. The fourth-order valence-corrected chi connectivity index (χ4v) is 3.64. The van der Waals surface area contributed by atoms with Gasteiger partial charge in [0, 0.05) is 42.4 Å². The van der Waals surface area contributed by atoms with Gasteiger partial charge in [0.1, 0.15) is 0 Å². The molecule has 1 atom stereocenters. The van der Waals surface area contributed by atoms with E-state index < -0.39 is 0 Å². The Kier molecular flexibility index (Phi) is 6.16. The lowest BCUT2D eigenvalue weighted by molar-refractivity contribution is 0.0811. The zero-order chi connectivity index (χ0) is 19.4. The molecular formula is C21H29N3O3. The van der Waals surface area contributed by atoms with Gasteiger partial charge in [-0.25, -0.2) is 0 Å². The fraction of sp³-hybridized carbons (Fsp3) is 0.524. The van der Waals surface area contributed by atoms with Crippen molar-refractivity contribution in [1.82, 2.24) is 14.7 Å². The Hall–Kier alpha value is -2.34. The maximum Gasteiger partial charge on any atom is 0.167 e. The number of piperidine rings is 1. The minimum atomic E-state index is 0.0111. The molecule has 1 aromatic carbocycles. The second-order valence-electron chi connectivity index (χ2n) is 7.43. The Balaban J connectivity index is 1.67. The van der Waals surface area contributed by atoms with E-state index in [1.54, 1.807) is 26.4 Å². The molecule has 1 saturated heterocycles. The molecule has 1 aliphatic rings. The number of ether oxygens (including phenoxy) is 2. The highest BCUT2D eigenvalue weighted by Gasteiger charge is 2.27. The number of benzene rings is 1. The van der Waals surface area contributed by atoms with Crippen molar-refractivity contribution in [2.24, 2.45) is 5.92 Å². The molecule has 146 valence electrons. The summed E-state index contributed by atoms with van der Waals surface area (Å²) in [4.78, 5) is 15.4. The molecule has 0 bridgehead atoms. The zero-order valence-corrected chi connectivity index (χ0v) is 16.6. The van der Waals surface area contributed by atoms with Crippen molar-refractivity contribution in [3.05, 3.63) is 41.7 Å². The monoisotopic (exact) mass is 371 g/mol. The number of Topliss-reactive ketones (excluding diaryl/α,β-unsaturated/α-hetero) is 1. The minimum Gasteiger partial charge on any atom is -0.493 e. The highest BCUT2D eigenvalue weighted by molar-refractivity contribution is 5.98. The summed E-state index contributed by atoms with van der Waals surface area (Å²) in [6.45, 7) is 6.87. The van der Waals surface area contributed by atoms with Crippen molar-refractivity contribution >= 4 is 5.78 Å². The number of methoxy groups -OCH3 is 2. The summed E-state index contributed by atoms with van der Waals surface area (Å²) in [5.74, 6) is 1.43. The predicted molar refractivity (Wildman–Crippen MR) is 104 cm³/mol. The zero-order valence-electron chi connectivity index (χ0n) is 16.6. The highest BCUT2D eigenvalue weighted by atomic mass is 16.5. The first-order valence-electron chi connectivity index (χ1n) is 9.53. The van der Waals surface area contributed by atoms with Crippen LogP contribution >= 0.6 is 0 Å². The van der Waals surface area contributed by atoms with E-state index in [2.05, 4.69) is 30.0 Å². The summed E-state index contributed by atoms with van der Waals surface area (Å²) in [6.07, 6.45) is 5.99. The molecule has 1 fully saturated rings. The van der Waals surface area contributed by atoms with Crippen molar-refractivity contribution < 1.29 is 14.3 Å². The predicted octanol–water partition coefficient (Wildman–Crippen LogP) is 3.58. The van der Waals surface area contributed by atoms with Gasteiger partial charge in [-0.05, 0) is 51.4 Å². The van der Waals surface area contributed by atoms with Crippen LogP contribution in [0.4, 0.5) is 0 Å². The van der Waals surface area contributed by atoms with Crippen molar-refractivity contribution in [3.8, 4) is 11.5 Å². The van der Waals surface area contributed by atoms with Gasteiger partial charge in [0.15, 0.2) is 17.3 Å². The Bertz CT molecular complexity index is 785. The lowest BCUT2D eigenvalue weighted by atomic mass is 9.89. The van der Waals surface area contributed by atoms with Crippen molar-refractivity contribution in [1.29, 1.82) is 0 Å². The Morgan fingerprint density at radius 2 is 2.04 bits per heavy atom. The molecule has 1 aliphatic heterocycles. The van der Waals surface area contributed by atoms with Crippen LogP contribution in [-0.4, -0.2) is 47.8 Å². The molecule has 0 radical (unpaired) electrons. The molecule has 0 spiro atoms. The first-order chi connectivity index (χ1) is 13.0. The van der Waals surface area contributed by atoms with Crippen LogP contribution in [0.15, 0.2) is 30.6 Å². The van der Waals surface area contributed by atoms with Gasteiger partial charge in [-0.1, -0.05) is 0 Å². The van der Waals surface area contributed by atoms with Gasteiger partial charge >= 0.3 is 0 Å². The standard InChI is InChI=1S/C21H29N3O3/c1-15(2)24-13-16(11-22-24)12-23-9-5-6-18(14-23)21(25)17-7-8-19(26-3)20(10-17)27-4/h7-8,10-11,13,15,18H,5-6,9,12,14H2,1-4H3. The van der Waals surface area contributed by atoms with E-state index in [1.807, 2.05) is 16.9 Å². The number of ketones is 1. The normalized spacial score (nSPS) is 17.9. The Labute approximate surface area is 161 Å². The third kappa shape index (κ3) is 4.50. The number of hydrogen-bond donors (Lipinski definition) is 0. The van der Waals surface area contributed by atoms with Crippen LogP contribution < -0.4 is 9.47 Å². The highest BCUT2D eigenvalue weighted by Crippen LogP contribution is 2.30. The lowest BCUT2D eigenvalue weighted by Gasteiger charge is -2.31. The molecule has 6 nitrogen and oxygen atoms in total. The van der Waals surface area contributed by atoms with E-state index in [4.69, 9.17) is 9.47 Å². The smallest absolute Gasteiger partial charge is 0.167 e. The van der Waals surface area contributed by atoms with Gasteiger partial charge in [-0.15, -0.1) is 0 Å². The quantitative estimate of drug-likeness (QED) is 0.697. The third-order valence-electron chi connectivity index (χ3n) is 5.13. The first kappa shape index (κ1) is 19.4. The first-order valence-corrected chi connectivity index (χ1v) is 9.53. The van der Waals surface area contributed by atoms with E-state index in [0.717, 1.165) is 32.5 Å². The van der Waals surface area contributed by atoms with Gasteiger partial charge in [0.05, 0.1) is 20.4 Å². The maximum atomic E-state index is 13.0.